The van der Waals surface area contributed by atoms with Crippen molar-refractivity contribution in [2.24, 2.45) is 5.92 Å². The van der Waals surface area contributed by atoms with Gasteiger partial charge in [-0.2, -0.15) is 0 Å². The lowest BCUT2D eigenvalue weighted by Gasteiger charge is -2.19. The standard InChI is InChI=1S/C19H29N3O2/c1-4-21(5-2)11-10-20-19(24)17-12-18(23)22(14-17)13-16-8-6-15(3)7-9-16/h6-9,17H,4-5,10-14H2,1-3H3,(H,20,24). The number of hydrogen-bond donors (Lipinski definition) is 1. The van der Waals surface area contributed by atoms with E-state index in [1.54, 1.807) is 4.90 Å². The number of nitrogens with zero attached hydrogens (tertiary/aromatic N) is 2. The first-order chi connectivity index (χ1) is 11.5. The Labute approximate surface area is 145 Å². The fraction of sp³-hybridized carbons (Fsp3) is 0.579. The van der Waals surface area contributed by atoms with Crippen molar-refractivity contribution < 1.29 is 9.59 Å². The number of amides is 2. The van der Waals surface area contributed by atoms with Crippen molar-refractivity contribution in [2.45, 2.75) is 33.7 Å². The number of rotatable bonds is 8. The van der Waals surface area contributed by atoms with E-state index >= 15 is 0 Å². The minimum absolute atomic E-state index is 0.00177. The summed E-state index contributed by atoms with van der Waals surface area (Å²) in [4.78, 5) is 28.5. The Balaban J connectivity index is 1.80. The SMILES string of the molecule is CCN(CC)CCNC(=O)C1CC(=O)N(Cc2ccc(C)cc2)C1. The van der Waals surface area contributed by atoms with Crippen molar-refractivity contribution in [1.82, 2.24) is 15.1 Å². The van der Waals surface area contributed by atoms with Gasteiger partial charge in [0.2, 0.25) is 11.8 Å². The molecule has 1 aromatic rings. The van der Waals surface area contributed by atoms with E-state index in [-0.39, 0.29) is 17.7 Å². The van der Waals surface area contributed by atoms with Gasteiger partial charge in [0, 0.05) is 32.6 Å². The Hall–Kier alpha value is -1.88. The first kappa shape index (κ1) is 18.5. The number of hydrogen-bond acceptors (Lipinski definition) is 3. The van der Waals surface area contributed by atoms with Crippen LogP contribution >= 0.6 is 0 Å². The number of nitrogens with one attached hydrogen (secondary N) is 1. The maximum Gasteiger partial charge on any atom is 0.225 e. The fourth-order valence-corrected chi connectivity index (χ4v) is 3.04. The van der Waals surface area contributed by atoms with Crippen LogP contribution in [-0.2, 0) is 16.1 Å². The summed E-state index contributed by atoms with van der Waals surface area (Å²) in [5, 5.41) is 2.98. The summed E-state index contributed by atoms with van der Waals surface area (Å²) in [6, 6.07) is 8.18. The molecule has 5 nitrogen and oxygen atoms in total. The largest absolute Gasteiger partial charge is 0.355 e. The normalized spacial score (nSPS) is 17.6. The Morgan fingerprint density at radius 2 is 1.92 bits per heavy atom. The minimum atomic E-state index is -0.223. The number of benzene rings is 1. The number of likely N-dealkylation sites (N-methyl/N-ethyl adjacent to an activating group) is 1. The maximum atomic E-state index is 12.3. The third kappa shape index (κ3) is 5.06. The van der Waals surface area contributed by atoms with E-state index in [2.05, 4.69) is 24.1 Å². The average Bonchev–Trinajstić information content (AvgIpc) is 2.94. The number of aryl methyl sites for hydroxylation is 1. The summed E-state index contributed by atoms with van der Waals surface area (Å²) in [7, 11) is 0. The van der Waals surface area contributed by atoms with E-state index in [0.717, 1.165) is 25.2 Å². The van der Waals surface area contributed by atoms with Crippen molar-refractivity contribution in [2.75, 3.05) is 32.7 Å². The molecule has 1 atom stereocenters. The van der Waals surface area contributed by atoms with Crippen LogP contribution in [0.2, 0.25) is 0 Å². The second-order valence-electron chi connectivity index (χ2n) is 6.48. The quantitative estimate of drug-likeness (QED) is 0.790. The van der Waals surface area contributed by atoms with Gasteiger partial charge in [0.15, 0.2) is 0 Å². The molecule has 0 bridgehead atoms. The molecule has 2 amide bonds. The molecule has 1 aliphatic heterocycles. The van der Waals surface area contributed by atoms with Gasteiger partial charge in [0.25, 0.3) is 0 Å². The molecule has 132 valence electrons. The lowest BCUT2D eigenvalue weighted by Crippen LogP contribution is -2.38. The highest BCUT2D eigenvalue weighted by Gasteiger charge is 2.33. The number of likely N-dealkylation sites (tertiary alicyclic amines) is 1. The molecule has 5 heteroatoms. The van der Waals surface area contributed by atoms with Crippen LogP contribution in [0.1, 0.15) is 31.4 Å². The van der Waals surface area contributed by atoms with E-state index in [1.807, 2.05) is 31.2 Å². The maximum absolute atomic E-state index is 12.3. The third-order valence-electron chi connectivity index (χ3n) is 4.70. The highest BCUT2D eigenvalue weighted by atomic mass is 16.2. The third-order valence-corrected chi connectivity index (χ3v) is 4.70. The van der Waals surface area contributed by atoms with Gasteiger partial charge in [-0.05, 0) is 25.6 Å². The molecule has 1 aromatic carbocycles. The molecule has 0 saturated carbocycles. The molecule has 2 rings (SSSR count). The van der Waals surface area contributed by atoms with Crippen molar-refractivity contribution >= 4 is 11.8 Å². The topological polar surface area (TPSA) is 52.7 Å². The average molecular weight is 331 g/mol. The van der Waals surface area contributed by atoms with Crippen LogP contribution in [0.4, 0.5) is 0 Å². The van der Waals surface area contributed by atoms with Crippen LogP contribution in [-0.4, -0.2) is 54.3 Å². The first-order valence-corrected chi connectivity index (χ1v) is 8.86. The molecule has 1 heterocycles. The van der Waals surface area contributed by atoms with E-state index in [9.17, 15) is 9.59 Å². The van der Waals surface area contributed by atoms with E-state index in [4.69, 9.17) is 0 Å². The molecule has 1 saturated heterocycles. The second-order valence-corrected chi connectivity index (χ2v) is 6.48. The van der Waals surface area contributed by atoms with Crippen molar-refractivity contribution in [3.63, 3.8) is 0 Å². The summed E-state index contributed by atoms with van der Waals surface area (Å²) >= 11 is 0. The fourth-order valence-electron chi connectivity index (χ4n) is 3.04. The van der Waals surface area contributed by atoms with Crippen LogP contribution in [0.3, 0.4) is 0 Å². The monoisotopic (exact) mass is 331 g/mol. The zero-order valence-corrected chi connectivity index (χ0v) is 15.0. The summed E-state index contributed by atoms with van der Waals surface area (Å²) in [5.41, 5.74) is 2.31. The summed E-state index contributed by atoms with van der Waals surface area (Å²) in [6.07, 6.45) is 0.322. The number of carbonyl (C=O) groups excluding carboxylic acids is 2. The molecule has 0 aliphatic carbocycles. The van der Waals surface area contributed by atoms with Crippen LogP contribution < -0.4 is 5.32 Å². The zero-order valence-electron chi connectivity index (χ0n) is 15.0. The first-order valence-electron chi connectivity index (χ1n) is 8.86. The van der Waals surface area contributed by atoms with Crippen molar-refractivity contribution in [3.8, 4) is 0 Å². The Kier molecular flexibility index (Phi) is 6.79. The highest BCUT2D eigenvalue weighted by molar-refractivity contribution is 5.89. The molecule has 1 fully saturated rings. The van der Waals surface area contributed by atoms with Gasteiger partial charge in [0.1, 0.15) is 0 Å². The van der Waals surface area contributed by atoms with Crippen LogP contribution in [0, 0.1) is 12.8 Å². The molecule has 0 spiro atoms. The second kappa shape index (κ2) is 8.83. The Bertz CT molecular complexity index is 552. The van der Waals surface area contributed by atoms with Gasteiger partial charge in [-0.3, -0.25) is 9.59 Å². The van der Waals surface area contributed by atoms with Crippen LogP contribution in [0.15, 0.2) is 24.3 Å². The van der Waals surface area contributed by atoms with Crippen LogP contribution in [0.25, 0.3) is 0 Å². The van der Waals surface area contributed by atoms with Gasteiger partial charge in [-0.15, -0.1) is 0 Å². The molecule has 1 unspecified atom stereocenters. The number of carbonyl (C=O) groups is 2. The predicted molar refractivity (Wildman–Crippen MR) is 95.5 cm³/mol. The summed E-state index contributed by atoms with van der Waals surface area (Å²) in [6.45, 7) is 10.8. The molecule has 0 radical (unpaired) electrons. The summed E-state index contributed by atoms with van der Waals surface area (Å²) < 4.78 is 0. The smallest absolute Gasteiger partial charge is 0.225 e. The Morgan fingerprint density at radius 1 is 1.25 bits per heavy atom. The molecule has 1 aliphatic rings. The lowest BCUT2D eigenvalue weighted by atomic mass is 10.1. The molecule has 0 aromatic heterocycles. The van der Waals surface area contributed by atoms with E-state index < -0.39 is 0 Å². The van der Waals surface area contributed by atoms with Gasteiger partial charge in [-0.1, -0.05) is 43.7 Å². The van der Waals surface area contributed by atoms with Gasteiger partial charge >= 0.3 is 0 Å². The van der Waals surface area contributed by atoms with Crippen LogP contribution in [0.5, 0.6) is 0 Å². The summed E-state index contributed by atoms with van der Waals surface area (Å²) in [5.74, 6) is -0.152. The van der Waals surface area contributed by atoms with Gasteiger partial charge in [0.05, 0.1) is 5.92 Å². The van der Waals surface area contributed by atoms with Gasteiger partial charge in [-0.25, -0.2) is 0 Å². The van der Waals surface area contributed by atoms with Crippen molar-refractivity contribution in [3.05, 3.63) is 35.4 Å². The molecular formula is C19H29N3O2. The lowest BCUT2D eigenvalue weighted by molar-refractivity contribution is -0.129. The van der Waals surface area contributed by atoms with E-state index in [1.165, 1.54) is 5.56 Å². The molecule has 24 heavy (non-hydrogen) atoms. The zero-order chi connectivity index (χ0) is 17.5. The van der Waals surface area contributed by atoms with Crippen molar-refractivity contribution in [1.29, 1.82) is 0 Å². The molecular weight excluding hydrogens is 302 g/mol. The van der Waals surface area contributed by atoms with Gasteiger partial charge < -0.3 is 15.1 Å². The predicted octanol–water partition coefficient (Wildman–Crippen LogP) is 1.80. The minimum Gasteiger partial charge on any atom is -0.355 e. The van der Waals surface area contributed by atoms with E-state index in [0.29, 0.717) is 26.1 Å². The Morgan fingerprint density at radius 3 is 2.54 bits per heavy atom. The molecule has 1 N–H and O–H groups in total. The highest BCUT2D eigenvalue weighted by Crippen LogP contribution is 2.20.